The van der Waals surface area contributed by atoms with Gasteiger partial charge in [0.25, 0.3) is 5.91 Å². The molecule has 1 saturated heterocycles. The van der Waals surface area contributed by atoms with Crippen LogP contribution in [0.25, 0.3) is 0 Å². The van der Waals surface area contributed by atoms with Crippen LogP contribution in [0.5, 0.6) is 5.75 Å². The number of para-hydroxylation sites is 1. The van der Waals surface area contributed by atoms with Crippen molar-refractivity contribution >= 4 is 28.4 Å². The number of aliphatic hydroxyl groups is 3. The quantitative estimate of drug-likeness (QED) is 0.235. The van der Waals surface area contributed by atoms with Crippen molar-refractivity contribution in [3.8, 4) is 5.75 Å². The second kappa shape index (κ2) is 11.2. The van der Waals surface area contributed by atoms with E-state index in [9.17, 15) is 33.6 Å². The van der Waals surface area contributed by atoms with Crippen LogP contribution in [0.4, 0.5) is 5.82 Å². The molecule has 2 aliphatic rings. The average Bonchev–Trinajstić information content (AvgIpc) is 3.46. The van der Waals surface area contributed by atoms with Gasteiger partial charge >= 0.3 is 10.3 Å². The maximum atomic E-state index is 12.3. The Hall–Kier alpha value is -3.12. The molecule has 0 aliphatic carbocycles. The Morgan fingerprint density at radius 1 is 1.13 bits per heavy atom. The Morgan fingerprint density at radius 3 is 2.44 bits per heavy atom. The van der Waals surface area contributed by atoms with Gasteiger partial charge in [-0.3, -0.25) is 13.5 Å². The van der Waals surface area contributed by atoms with Crippen LogP contribution < -0.4 is 4.72 Å². The summed E-state index contributed by atoms with van der Waals surface area (Å²) < 4.78 is 38.5. The Morgan fingerprint density at radius 2 is 1.79 bits per heavy atom. The van der Waals surface area contributed by atoms with Crippen molar-refractivity contribution in [1.29, 1.82) is 0 Å². The number of aromatic hydroxyl groups is 1. The number of hydrogen-bond acceptors (Lipinski definition) is 12. The summed E-state index contributed by atoms with van der Waals surface area (Å²) in [4.78, 5) is 20.9. The van der Waals surface area contributed by atoms with Gasteiger partial charge in [0.05, 0.1) is 38.1 Å². The summed E-state index contributed by atoms with van der Waals surface area (Å²) in [6.45, 7) is 7.40. The first kappa shape index (κ1) is 28.9. The number of nitrogens with one attached hydrogen (secondary N) is 1. The molecule has 1 aromatic carbocycles. The highest BCUT2D eigenvalue weighted by Gasteiger charge is 2.47. The largest absolute Gasteiger partial charge is 0.507 e. The average molecular weight is 570 g/mol. The maximum Gasteiger partial charge on any atom is 0.362 e. The third-order valence-electron chi connectivity index (χ3n) is 7.21. The Labute approximate surface area is 225 Å². The van der Waals surface area contributed by atoms with E-state index in [1.54, 1.807) is 9.73 Å². The Balaban J connectivity index is 1.45. The molecule has 39 heavy (non-hydrogen) atoms. The number of hydrogen-bond donors (Lipinski definition) is 5. The van der Waals surface area contributed by atoms with Gasteiger partial charge < -0.3 is 25.2 Å². The lowest BCUT2D eigenvalue weighted by atomic mass is 10.1. The topological polar surface area (TPSA) is 196 Å². The van der Waals surface area contributed by atoms with Crippen LogP contribution in [-0.4, -0.2) is 105 Å². The van der Waals surface area contributed by atoms with Crippen molar-refractivity contribution in [3.05, 3.63) is 41.9 Å². The van der Waals surface area contributed by atoms with Crippen molar-refractivity contribution in [2.45, 2.75) is 51.5 Å². The molecule has 2 aromatic rings. The molecule has 214 valence electrons. The van der Waals surface area contributed by atoms with E-state index >= 15 is 0 Å². The molecule has 0 saturated carbocycles. The molecule has 3 heterocycles. The van der Waals surface area contributed by atoms with Crippen molar-refractivity contribution in [2.24, 2.45) is 4.99 Å². The summed E-state index contributed by atoms with van der Waals surface area (Å²) in [6.07, 6.45) is -3.92. The summed E-state index contributed by atoms with van der Waals surface area (Å²) in [5, 5.41) is 43.7. The molecule has 15 nitrogen and oxygen atoms in total. The number of aliphatic hydroxyl groups excluding tert-OH is 3. The number of carbonyl (C=O) groups excluding carboxylic acids is 1. The SMILES string of the molecule is CC[N+](CC)(CC)N1C=Nc2c(ncn2[C@@H]2O[C@H](COS(=O)(=O)NC(=O)c3ccccc3O)C(O)C2O)C1O. The lowest BCUT2D eigenvalue weighted by Crippen LogP contribution is -2.61. The molecule has 2 aliphatic heterocycles. The van der Waals surface area contributed by atoms with Gasteiger partial charge in [-0.1, -0.05) is 12.1 Å². The van der Waals surface area contributed by atoms with Gasteiger partial charge in [0.2, 0.25) is 6.23 Å². The van der Waals surface area contributed by atoms with Crippen molar-refractivity contribution in [1.82, 2.24) is 19.3 Å². The van der Waals surface area contributed by atoms with E-state index < -0.39 is 59.3 Å². The van der Waals surface area contributed by atoms with Gasteiger partial charge in [0.15, 0.2) is 12.0 Å². The van der Waals surface area contributed by atoms with Crippen molar-refractivity contribution in [2.75, 3.05) is 26.2 Å². The molecule has 1 aromatic heterocycles. The maximum absolute atomic E-state index is 12.3. The number of aromatic nitrogens is 2. The number of phenolic OH excluding ortho intramolecular Hbond substituents is 1. The molecule has 0 bridgehead atoms. The second-order valence-corrected chi connectivity index (χ2v) is 10.5. The molecule has 5 N–H and O–H groups in total. The number of nitrogens with zero attached hydrogens (tertiary/aromatic N) is 5. The van der Waals surface area contributed by atoms with Gasteiger partial charge in [-0.25, -0.2) is 19.3 Å². The fourth-order valence-electron chi connectivity index (χ4n) is 4.79. The molecular formula is C23H33N6O9S+. The fraction of sp³-hybridized carbons (Fsp3) is 0.522. The highest BCUT2D eigenvalue weighted by atomic mass is 32.2. The van der Waals surface area contributed by atoms with E-state index in [0.717, 1.165) is 0 Å². The molecule has 1 fully saturated rings. The van der Waals surface area contributed by atoms with E-state index in [4.69, 9.17) is 8.92 Å². The zero-order valence-corrected chi connectivity index (χ0v) is 22.5. The molecule has 16 heteroatoms. The number of imidazole rings is 1. The third-order valence-corrected chi connectivity index (χ3v) is 8.09. The van der Waals surface area contributed by atoms with E-state index in [1.165, 1.54) is 41.5 Å². The lowest BCUT2D eigenvalue weighted by molar-refractivity contribution is -1.02. The van der Waals surface area contributed by atoms with Crippen LogP contribution in [-0.2, 0) is 19.2 Å². The van der Waals surface area contributed by atoms with Gasteiger partial charge in [-0.2, -0.15) is 13.4 Å². The third kappa shape index (κ3) is 5.36. The first-order valence-electron chi connectivity index (χ1n) is 12.4. The normalized spacial score (nSPS) is 25.1. The Kier molecular flexibility index (Phi) is 8.27. The number of aliphatic imine (C=N–C) groups is 1. The zero-order valence-electron chi connectivity index (χ0n) is 21.7. The number of ether oxygens (including phenoxy) is 1. The van der Waals surface area contributed by atoms with Crippen LogP contribution in [0.15, 0.2) is 35.6 Å². The minimum absolute atomic E-state index is 0.209. The van der Waals surface area contributed by atoms with Gasteiger partial charge in [0, 0.05) is 0 Å². The van der Waals surface area contributed by atoms with Gasteiger partial charge in [-0.15, -0.1) is 0 Å². The Bertz CT molecular complexity index is 1320. The lowest BCUT2D eigenvalue weighted by Gasteiger charge is -2.45. The standard InChI is InChI=1S/C23H32N6O9S/c1-4-29(5-2,6-3)28-13-25-20-17(22(28)34)24-12-27(20)23-19(32)18(31)16(38-23)11-37-39(35,36)26-21(33)14-9-7-8-10-15(14)30/h7-10,12-13,16,18-19,22-23,31-32,34H,4-6,11H2,1-3H3,(H-,26,30,33)/p+1/t16-,18?,19?,22?,23-/m1/s1. The number of quaternary nitrogens is 1. The van der Waals surface area contributed by atoms with E-state index in [0.29, 0.717) is 24.2 Å². The summed E-state index contributed by atoms with van der Waals surface area (Å²) in [5.74, 6) is -1.33. The van der Waals surface area contributed by atoms with Crippen LogP contribution in [0.1, 0.15) is 49.3 Å². The summed E-state index contributed by atoms with van der Waals surface area (Å²) in [5.41, 5.74) is -0.0499. The predicted molar refractivity (Wildman–Crippen MR) is 135 cm³/mol. The number of amides is 1. The monoisotopic (exact) mass is 569 g/mol. The molecule has 1 amide bonds. The molecule has 4 rings (SSSR count). The van der Waals surface area contributed by atoms with Crippen LogP contribution in [0.3, 0.4) is 0 Å². The molecule has 0 radical (unpaired) electrons. The highest BCUT2D eigenvalue weighted by molar-refractivity contribution is 7.85. The number of carbonyl (C=O) groups is 1. The molecule has 0 spiro atoms. The van der Waals surface area contributed by atoms with Gasteiger partial charge in [-0.05, 0) is 32.9 Å². The predicted octanol–water partition coefficient (Wildman–Crippen LogP) is -0.343. The molecule has 3 unspecified atom stereocenters. The first-order valence-corrected chi connectivity index (χ1v) is 13.8. The summed E-state index contributed by atoms with van der Waals surface area (Å²) in [7, 11) is -4.66. The minimum atomic E-state index is -4.66. The van der Waals surface area contributed by atoms with E-state index in [-0.39, 0.29) is 17.1 Å². The van der Waals surface area contributed by atoms with Gasteiger partial charge in [0.1, 0.15) is 36.1 Å². The molecular weight excluding hydrogens is 536 g/mol. The minimum Gasteiger partial charge on any atom is -0.507 e. The van der Waals surface area contributed by atoms with Crippen LogP contribution in [0.2, 0.25) is 0 Å². The zero-order chi connectivity index (χ0) is 28.5. The summed E-state index contributed by atoms with van der Waals surface area (Å²) >= 11 is 0. The number of rotatable bonds is 10. The number of fused-ring (bicyclic) bond motifs is 1. The smallest absolute Gasteiger partial charge is 0.362 e. The fourth-order valence-corrected chi connectivity index (χ4v) is 5.50. The second-order valence-electron chi connectivity index (χ2n) is 9.14. The van der Waals surface area contributed by atoms with E-state index in [2.05, 4.69) is 9.98 Å². The van der Waals surface area contributed by atoms with Crippen LogP contribution >= 0.6 is 0 Å². The van der Waals surface area contributed by atoms with Crippen molar-refractivity contribution in [3.63, 3.8) is 0 Å². The van der Waals surface area contributed by atoms with E-state index in [1.807, 2.05) is 20.8 Å². The highest BCUT2D eigenvalue weighted by Crippen LogP contribution is 2.39. The number of phenols is 1. The van der Waals surface area contributed by atoms with Crippen molar-refractivity contribution < 1.29 is 47.2 Å². The number of benzene rings is 1. The first-order chi connectivity index (χ1) is 18.5. The summed E-state index contributed by atoms with van der Waals surface area (Å²) in [6, 6.07) is 5.34. The van der Waals surface area contributed by atoms with Crippen LogP contribution in [0, 0.1) is 0 Å². The molecule has 5 atom stereocenters.